The van der Waals surface area contributed by atoms with Gasteiger partial charge in [-0.1, -0.05) is 12.1 Å². The third kappa shape index (κ3) is 5.08. The molecular formula is C23H29N3O5. The Morgan fingerprint density at radius 3 is 2.52 bits per heavy atom. The number of ether oxygens (including phenoxy) is 2. The van der Waals surface area contributed by atoms with Crippen molar-refractivity contribution in [2.45, 2.75) is 32.9 Å². The van der Waals surface area contributed by atoms with Crippen LogP contribution in [-0.2, 0) is 9.53 Å². The molecule has 1 aliphatic heterocycles. The number of hydrogen-bond acceptors (Lipinski definition) is 6. The van der Waals surface area contributed by atoms with Crippen molar-refractivity contribution in [3.8, 4) is 5.75 Å². The minimum atomic E-state index is -0.721. The van der Waals surface area contributed by atoms with Gasteiger partial charge in [-0.25, -0.2) is 9.59 Å². The van der Waals surface area contributed by atoms with E-state index in [0.29, 0.717) is 29.3 Å². The molecule has 2 aromatic rings. The van der Waals surface area contributed by atoms with Crippen molar-refractivity contribution in [1.82, 2.24) is 15.5 Å². The highest BCUT2D eigenvalue weighted by Gasteiger charge is 2.36. The zero-order chi connectivity index (χ0) is 22.5. The largest absolute Gasteiger partial charge is 0.497 e. The molecule has 31 heavy (non-hydrogen) atoms. The first kappa shape index (κ1) is 22.4. The summed E-state index contributed by atoms with van der Waals surface area (Å²) in [4.78, 5) is 27.3. The van der Waals surface area contributed by atoms with E-state index in [1.165, 1.54) is 0 Å². The van der Waals surface area contributed by atoms with E-state index in [2.05, 4.69) is 17.6 Å². The highest BCUT2D eigenvalue weighted by Crippen LogP contribution is 2.30. The maximum atomic E-state index is 12.9. The lowest BCUT2D eigenvalue weighted by Gasteiger charge is -2.32. The van der Waals surface area contributed by atoms with Crippen LogP contribution in [0.25, 0.3) is 0 Å². The lowest BCUT2D eigenvalue weighted by atomic mass is 9.99. The first-order valence-corrected chi connectivity index (χ1v) is 10.2. The molecule has 0 bridgehead atoms. The monoisotopic (exact) mass is 427 g/mol. The van der Waals surface area contributed by atoms with Crippen molar-refractivity contribution < 1.29 is 23.5 Å². The minimum absolute atomic E-state index is 0.0259. The van der Waals surface area contributed by atoms with Crippen molar-refractivity contribution in [3.63, 3.8) is 0 Å². The lowest BCUT2D eigenvalue weighted by molar-refractivity contribution is -0.139. The molecule has 2 N–H and O–H groups in total. The number of urea groups is 1. The van der Waals surface area contributed by atoms with Gasteiger partial charge in [0.15, 0.2) is 0 Å². The summed E-state index contributed by atoms with van der Waals surface area (Å²) >= 11 is 0. The number of benzene rings is 1. The van der Waals surface area contributed by atoms with E-state index < -0.39 is 18.0 Å². The number of esters is 1. The molecule has 0 spiro atoms. The number of furan rings is 1. The van der Waals surface area contributed by atoms with E-state index in [4.69, 9.17) is 13.9 Å². The summed E-state index contributed by atoms with van der Waals surface area (Å²) in [6.07, 6.45) is 0. The first-order chi connectivity index (χ1) is 14.8. The van der Waals surface area contributed by atoms with Crippen LogP contribution in [0.15, 0.2) is 52.1 Å². The van der Waals surface area contributed by atoms with E-state index in [1.807, 2.05) is 43.1 Å². The number of methoxy groups -OCH3 is 1. The van der Waals surface area contributed by atoms with E-state index >= 15 is 0 Å². The molecule has 0 unspecified atom stereocenters. The third-order valence-corrected chi connectivity index (χ3v) is 5.36. The molecule has 1 aliphatic rings. The van der Waals surface area contributed by atoms with Gasteiger partial charge in [-0.15, -0.1) is 0 Å². The van der Waals surface area contributed by atoms with Gasteiger partial charge in [-0.2, -0.15) is 0 Å². The average molecular weight is 428 g/mol. The standard InChI is InChI=1S/C23H29N3O5/c1-6-30-22(27)20-18(24-23(28)25-21(20)19-12-7-14(2)31-19)13-26(4)15(3)16-8-10-17(29-5)11-9-16/h7-12,15,21H,6,13H2,1-5H3,(H2,24,25,28)/t15-,21+/m0/s1. The fourth-order valence-corrected chi connectivity index (χ4v) is 3.54. The van der Waals surface area contributed by atoms with Crippen molar-refractivity contribution in [2.24, 2.45) is 0 Å². The fraction of sp³-hybridized carbons (Fsp3) is 0.391. The molecular weight excluding hydrogens is 398 g/mol. The summed E-state index contributed by atoms with van der Waals surface area (Å²) in [5, 5.41) is 5.57. The molecule has 2 atom stereocenters. The van der Waals surface area contributed by atoms with Gasteiger partial charge in [-0.3, -0.25) is 4.90 Å². The molecule has 166 valence electrons. The summed E-state index contributed by atoms with van der Waals surface area (Å²) in [6, 6.07) is 10.3. The number of amides is 2. The number of nitrogens with zero attached hydrogens (tertiary/aromatic N) is 1. The Labute approximate surface area is 182 Å². The zero-order valence-electron chi connectivity index (χ0n) is 18.5. The Kier molecular flexibility index (Phi) is 7.02. The van der Waals surface area contributed by atoms with Crippen LogP contribution in [0.3, 0.4) is 0 Å². The number of carbonyl (C=O) groups is 2. The highest BCUT2D eigenvalue weighted by molar-refractivity contribution is 5.95. The molecule has 8 nitrogen and oxygen atoms in total. The van der Waals surface area contributed by atoms with Crippen LogP contribution in [-0.4, -0.2) is 44.2 Å². The molecule has 0 aliphatic carbocycles. The first-order valence-electron chi connectivity index (χ1n) is 10.2. The van der Waals surface area contributed by atoms with Gasteiger partial charge >= 0.3 is 12.0 Å². The van der Waals surface area contributed by atoms with Crippen LogP contribution in [0, 0.1) is 6.92 Å². The second kappa shape index (κ2) is 9.70. The van der Waals surface area contributed by atoms with E-state index in [0.717, 1.165) is 11.3 Å². The number of nitrogens with one attached hydrogen (secondary N) is 2. The number of likely N-dealkylation sites (N-methyl/N-ethyl adjacent to an activating group) is 1. The van der Waals surface area contributed by atoms with Crippen molar-refractivity contribution in [2.75, 3.05) is 27.3 Å². The molecule has 0 saturated carbocycles. The highest BCUT2D eigenvalue weighted by atomic mass is 16.5. The number of rotatable bonds is 8. The van der Waals surface area contributed by atoms with E-state index in [-0.39, 0.29) is 12.6 Å². The van der Waals surface area contributed by atoms with Gasteiger partial charge in [0.2, 0.25) is 0 Å². The maximum absolute atomic E-state index is 12.9. The van der Waals surface area contributed by atoms with Gasteiger partial charge in [0.05, 0.1) is 19.3 Å². The fourth-order valence-electron chi connectivity index (χ4n) is 3.54. The quantitative estimate of drug-likeness (QED) is 0.627. The van der Waals surface area contributed by atoms with Gasteiger partial charge in [0, 0.05) is 18.3 Å². The summed E-state index contributed by atoms with van der Waals surface area (Å²) < 4.78 is 16.2. The number of hydrogen-bond donors (Lipinski definition) is 2. The Hall–Kier alpha value is -3.26. The van der Waals surface area contributed by atoms with Gasteiger partial charge in [0.25, 0.3) is 0 Å². The molecule has 2 amide bonds. The smallest absolute Gasteiger partial charge is 0.338 e. The van der Waals surface area contributed by atoms with Crippen LogP contribution < -0.4 is 15.4 Å². The molecule has 0 saturated heterocycles. The van der Waals surface area contributed by atoms with Gasteiger partial charge < -0.3 is 24.5 Å². The second-order valence-electron chi connectivity index (χ2n) is 7.46. The summed E-state index contributed by atoms with van der Waals surface area (Å²) in [6.45, 7) is 6.18. The lowest BCUT2D eigenvalue weighted by Crippen LogP contribution is -2.48. The van der Waals surface area contributed by atoms with E-state index in [1.54, 1.807) is 26.2 Å². The Morgan fingerprint density at radius 1 is 1.23 bits per heavy atom. The SMILES string of the molecule is CCOC(=O)C1=C(CN(C)[C@@H](C)c2ccc(OC)cc2)NC(=O)N[C@@H]1c1ccc(C)o1. The summed E-state index contributed by atoms with van der Waals surface area (Å²) in [5.74, 6) is 1.47. The predicted octanol–water partition coefficient (Wildman–Crippen LogP) is 3.46. The Balaban J connectivity index is 1.92. The molecule has 8 heteroatoms. The Morgan fingerprint density at radius 2 is 1.94 bits per heavy atom. The molecule has 0 radical (unpaired) electrons. The van der Waals surface area contributed by atoms with Gasteiger partial charge in [-0.05, 0) is 57.6 Å². The molecule has 1 aromatic carbocycles. The molecule has 3 rings (SSSR count). The second-order valence-corrected chi connectivity index (χ2v) is 7.46. The van der Waals surface area contributed by atoms with Crippen LogP contribution >= 0.6 is 0 Å². The number of aryl methyl sites for hydroxylation is 1. The predicted molar refractivity (Wildman–Crippen MR) is 116 cm³/mol. The topological polar surface area (TPSA) is 93.0 Å². The molecule has 1 aromatic heterocycles. The van der Waals surface area contributed by atoms with Crippen LogP contribution in [0.5, 0.6) is 5.75 Å². The maximum Gasteiger partial charge on any atom is 0.338 e. The third-order valence-electron chi connectivity index (χ3n) is 5.36. The summed E-state index contributed by atoms with van der Waals surface area (Å²) in [7, 11) is 3.57. The minimum Gasteiger partial charge on any atom is -0.497 e. The molecule has 2 heterocycles. The normalized spacial score (nSPS) is 17.2. The van der Waals surface area contributed by atoms with Crippen LogP contribution in [0.1, 0.15) is 43.0 Å². The molecule has 0 fully saturated rings. The van der Waals surface area contributed by atoms with Crippen LogP contribution in [0.2, 0.25) is 0 Å². The Bertz CT molecular complexity index is 964. The van der Waals surface area contributed by atoms with Crippen molar-refractivity contribution in [3.05, 3.63) is 64.8 Å². The average Bonchev–Trinajstić information content (AvgIpc) is 3.19. The van der Waals surface area contributed by atoms with Crippen molar-refractivity contribution in [1.29, 1.82) is 0 Å². The summed E-state index contributed by atoms with van der Waals surface area (Å²) in [5.41, 5.74) is 1.91. The van der Waals surface area contributed by atoms with E-state index in [9.17, 15) is 9.59 Å². The van der Waals surface area contributed by atoms with Crippen molar-refractivity contribution >= 4 is 12.0 Å². The van der Waals surface area contributed by atoms with Crippen LogP contribution in [0.4, 0.5) is 4.79 Å². The number of carbonyl (C=O) groups excluding carboxylic acids is 2. The zero-order valence-corrected chi connectivity index (χ0v) is 18.5. The van der Waals surface area contributed by atoms with Gasteiger partial charge in [0.1, 0.15) is 23.3 Å².